The molecule has 1 N–H and O–H groups in total. The second-order valence-electron chi connectivity index (χ2n) is 5.18. The van der Waals surface area contributed by atoms with Crippen LogP contribution in [0.4, 0.5) is 0 Å². The molecule has 7 heteroatoms. The van der Waals surface area contributed by atoms with Crippen molar-refractivity contribution in [2.75, 3.05) is 0 Å². The second-order valence-corrected chi connectivity index (χ2v) is 7.52. The van der Waals surface area contributed by atoms with Gasteiger partial charge in [0.25, 0.3) is 0 Å². The maximum Gasteiger partial charge on any atom is 0.233 e. The molecule has 0 aliphatic heterocycles. The number of aromatic nitrogens is 3. The number of amides is 1. The molecule has 0 bridgehead atoms. The fourth-order valence-electron chi connectivity index (χ4n) is 1.93. The number of carbonyl (C=O) groups excluding carboxylic acids is 1. The fourth-order valence-corrected chi connectivity index (χ4v) is 3.49. The molecule has 2 heterocycles. The molecule has 1 aliphatic rings. The normalized spacial score (nSPS) is 15.9. The first-order valence-corrected chi connectivity index (χ1v) is 8.85. The number of rotatable bonds is 7. The topological polar surface area (TPSA) is 59.8 Å². The van der Waals surface area contributed by atoms with Crippen molar-refractivity contribution in [3.63, 3.8) is 0 Å². The zero-order chi connectivity index (χ0) is 14.7. The van der Waals surface area contributed by atoms with Crippen molar-refractivity contribution in [3.8, 4) is 0 Å². The van der Waals surface area contributed by atoms with Gasteiger partial charge in [0.1, 0.15) is 6.33 Å². The molecule has 1 fully saturated rings. The van der Waals surface area contributed by atoms with Crippen LogP contribution in [0.2, 0.25) is 0 Å². The lowest BCUT2D eigenvalue weighted by Gasteiger charge is -2.11. The van der Waals surface area contributed by atoms with Gasteiger partial charge in [-0.3, -0.25) is 4.79 Å². The highest BCUT2D eigenvalue weighted by molar-refractivity contribution is 8.00. The molecule has 5 nitrogen and oxygen atoms in total. The Bertz CT molecular complexity index is 592. The van der Waals surface area contributed by atoms with E-state index < -0.39 is 0 Å². The van der Waals surface area contributed by atoms with Gasteiger partial charge in [-0.05, 0) is 37.6 Å². The van der Waals surface area contributed by atoms with E-state index >= 15 is 0 Å². The summed E-state index contributed by atoms with van der Waals surface area (Å²) in [4.78, 5) is 13.3. The number of thioether (sulfide) groups is 1. The minimum atomic E-state index is -0.143. The standard InChI is InChI=1S/C14H18N4OS2/c1-10(13(19)16-11-4-5-11)21-14-17-15-9-18(14)7-6-12-3-2-8-20-12/h2-3,8-11H,4-7H2,1H3,(H,16,19). The summed E-state index contributed by atoms with van der Waals surface area (Å²) < 4.78 is 2.02. The van der Waals surface area contributed by atoms with Gasteiger partial charge in [0.2, 0.25) is 5.91 Å². The van der Waals surface area contributed by atoms with Crippen molar-refractivity contribution in [2.45, 2.75) is 49.2 Å². The molecule has 3 rings (SSSR count). The monoisotopic (exact) mass is 322 g/mol. The number of carbonyl (C=O) groups is 1. The second kappa shape index (κ2) is 6.62. The van der Waals surface area contributed by atoms with Crippen molar-refractivity contribution >= 4 is 29.0 Å². The van der Waals surface area contributed by atoms with E-state index in [-0.39, 0.29) is 11.2 Å². The third kappa shape index (κ3) is 4.07. The van der Waals surface area contributed by atoms with Crippen molar-refractivity contribution in [1.82, 2.24) is 20.1 Å². The predicted octanol–water partition coefficient (Wildman–Crippen LogP) is 2.34. The highest BCUT2D eigenvalue weighted by atomic mass is 32.2. The van der Waals surface area contributed by atoms with Gasteiger partial charge in [-0.1, -0.05) is 17.8 Å². The van der Waals surface area contributed by atoms with Gasteiger partial charge in [-0.15, -0.1) is 21.5 Å². The van der Waals surface area contributed by atoms with Crippen LogP contribution in [0, 0.1) is 0 Å². The zero-order valence-corrected chi connectivity index (χ0v) is 13.5. The number of thiophene rings is 1. The largest absolute Gasteiger partial charge is 0.352 e. The first-order valence-electron chi connectivity index (χ1n) is 7.09. The van der Waals surface area contributed by atoms with Crippen LogP contribution >= 0.6 is 23.1 Å². The number of nitrogens with zero attached hydrogens (tertiary/aromatic N) is 3. The summed E-state index contributed by atoms with van der Waals surface area (Å²) in [5, 5.41) is 13.9. The SMILES string of the molecule is CC(Sc1nncn1CCc1cccs1)C(=O)NC1CC1. The molecule has 2 aromatic heterocycles. The van der Waals surface area contributed by atoms with E-state index in [0.717, 1.165) is 31.0 Å². The lowest BCUT2D eigenvalue weighted by Crippen LogP contribution is -2.32. The van der Waals surface area contributed by atoms with Crippen LogP contribution < -0.4 is 5.32 Å². The summed E-state index contributed by atoms with van der Waals surface area (Å²) in [6, 6.07) is 4.59. The summed E-state index contributed by atoms with van der Waals surface area (Å²) in [5.41, 5.74) is 0. The van der Waals surface area contributed by atoms with E-state index in [9.17, 15) is 4.79 Å². The summed E-state index contributed by atoms with van der Waals surface area (Å²) in [7, 11) is 0. The van der Waals surface area contributed by atoms with Gasteiger partial charge in [-0.25, -0.2) is 0 Å². The van der Waals surface area contributed by atoms with Gasteiger partial charge in [0.05, 0.1) is 5.25 Å². The molecule has 1 aliphatic carbocycles. The van der Waals surface area contributed by atoms with Crippen LogP contribution in [0.5, 0.6) is 0 Å². The minimum Gasteiger partial charge on any atom is -0.352 e. The molecule has 0 saturated heterocycles. The van der Waals surface area contributed by atoms with Gasteiger partial charge < -0.3 is 9.88 Å². The number of aryl methyl sites for hydroxylation is 2. The molecule has 1 unspecified atom stereocenters. The molecule has 2 aromatic rings. The third-order valence-electron chi connectivity index (χ3n) is 3.33. The van der Waals surface area contributed by atoms with E-state index in [2.05, 4.69) is 33.0 Å². The smallest absolute Gasteiger partial charge is 0.233 e. The molecule has 1 saturated carbocycles. The highest BCUT2D eigenvalue weighted by Crippen LogP contribution is 2.24. The molecular weight excluding hydrogens is 304 g/mol. The van der Waals surface area contributed by atoms with Gasteiger partial charge in [0, 0.05) is 17.5 Å². The lowest BCUT2D eigenvalue weighted by molar-refractivity contribution is -0.120. The average Bonchev–Trinajstić information content (AvgIpc) is 2.97. The maximum absolute atomic E-state index is 12.0. The molecule has 1 amide bonds. The Hall–Kier alpha value is -1.34. The molecule has 0 radical (unpaired) electrons. The van der Waals surface area contributed by atoms with Gasteiger partial charge >= 0.3 is 0 Å². The quantitative estimate of drug-likeness (QED) is 0.795. The molecule has 21 heavy (non-hydrogen) atoms. The van der Waals surface area contributed by atoms with Crippen molar-refractivity contribution in [1.29, 1.82) is 0 Å². The Kier molecular flexibility index (Phi) is 4.60. The summed E-state index contributed by atoms with van der Waals surface area (Å²) >= 11 is 3.23. The van der Waals surface area contributed by atoms with E-state index in [0.29, 0.717) is 6.04 Å². The van der Waals surface area contributed by atoms with E-state index in [1.165, 1.54) is 16.6 Å². The summed E-state index contributed by atoms with van der Waals surface area (Å²) in [6.07, 6.45) is 4.92. The molecule has 0 aromatic carbocycles. The Morgan fingerprint density at radius 1 is 1.62 bits per heavy atom. The first-order chi connectivity index (χ1) is 10.2. The molecule has 112 valence electrons. The number of hydrogen-bond donors (Lipinski definition) is 1. The van der Waals surface area contributed by atoms with Crippen LogP contribution in [-0.4, -0.2) is 32.0 Å². The highest BCUT2D eigenvalue weighted by Gasteiger charge is 2.26. The Morgan fingerprint density at radius 2 is 2.48 bits per heavy atom. The van der Waals surface area contributed by atoms with Crippen molar-refractivity contribution < 1.29 is 4.79 Å². The van der Waals surface area contributed by atoms with Crippen molar-refractivity contribution in [3.05, 3.63) is 28.7 Å². The first kappa shape index (κ1) is 14.6. The van der Waals surface area contributed by atoms with E-state index in [1.807, 2.05) is 11.5 Å². The number of nitrogens with one attached hydrogen (secondary N) is 1. The van der Waals surface area contributed by atoms with E-state index in [4.69, 9.17) is 0 Å². The van der Waals surface area contributed by atoms with Crippen LogP contribution in [0.15, 0.2) is 29.0 Å². The maximum atomic E-state index is 12.0. The molecule has 0 spiro atoms. The Labute approximate surface area is 132 Å². The number of hydrogen-bond acceptors (Lipinski definition) is 5. The van der Waals surface area contributed by atoms with Gasteiger partial charge in [0.15, 0.2) is 5.16 Å². The van der Waals surface area contributed by atoms with Crippen LogP contribution in [-0.2, 0) is 17.8 Å². The molecule has 1 atom stereocenters. The predicted molar refractivity (Wildman–Crippen MR) is 84.5 cm³/mol. The van der Waals surface area contributed by atoms with Crippen LogP contribution in [0.1, 0.15) is 24.6 Å². The lowest BCUT2D eigenvalue weighted by atomic mass is 10.3. The summed E-state index contributed by atoms with van der Waals surface area (Å²) in [5.74, 6) is 0.0929. The van der Waals surface area contributed by atoms with Crippen molar-refractivity contribution in [2.24, 2.45) is 0 Å². The Morgan fingerprint density at radius 3 is 3.19 bits per heavy atom. The fraction of sp³-hybridized carbons (Fsp3) is 0.500. The van der Waals surface area contributed by atoms with Crippen LogP contribution in [0.3, 0.4) is 0 Å². The van der Waals surface area contributed by atoms with Gasteiger partial charge in [-0.2, -0.15) is 0 Å². The minimum absolute atomic E-state index is 0.0929. The third-order valence-corrected chi connectivity index (χ3v) is 5.37. The zero-order valence-electron chi connectivity index (χ0n) is 11.9. The molecular formula is C14H18N4OS2. The average molecular weight is 322 g/mol. The Balaban J connectivity index is 1.55. The van der Waals surface area contributed by atoms with Crippen LogP contribution in [0.25, 0.3) is 0 Å². The summed E-state index contributed by atoms with van der Waals surface area (Å²) in [6.45, 7) is 2.76. The van der Waals surface area contributed by atoms with E-state index in [1.54, 1.807) is 17.7 Å².